The maximum Gasteiger partial charge on any atom is 0.316 e. The van der Waals surface area contributed by atoms with Crippen LogP contribution in [0.3, 0.4) is 0 Å². The molecule has 0 aliphatic carbocycles. The van der Waals surface area contributed by atoms with Gasteiger partial charge in [0.15, 0.2) is 0 Å². The summed E-state index contributed by atoms with van der Waals surface area (Å²) in [5.74, 6) is -0.206. The van der Waals surface area contributed by atoms with Crippen LogP contribution >= 0.6 is 0 Å². The van der Waals surface area contributed by atoms with Crippen molar-refractivity contribution in [2.75, 3.05) is 13.7 Å². The summed E-state index contributed by atoms with van der Waals surface area (Å²) in [6, 6.07) is 0.287. The van der Waals surface area contributed by atoms with Gasteiger partial charge in [-0.1, -0.05) is 0 Å². The van der Waals surface area contributed by atoms with Gasteiger partial charge in [0, 0.05) is 19.4 Å². The molecule has 0 fully saturated rings. The van der Waals surface area contributed by atoms with E-state index in [0.717, 1.165) is 0 Å². The van der Waals surface area contributed by atoms with Crippen LogP contribution in [0.15, 0.2) is 12.4 Å². The van der Waals surface area contributed by atoms with Crippen molar-refractivity contribution in [3.05, 3.63) is 18.0 Å². The van der Waals surface area contributed by atoms with Gasteiger partial charge < -0.3 is 10.1 Å². The van der Waals surface area contributed by atoms with Crippen LogP contribution in [0.2, 0.25) is 0 Å². The molecule has 0 spiro atoms. The average Bonchev–Trinajstić information content (AvgIpc) is 2.18. The normalized spacial score (nSPS) is 9.38. The number of amides is 1. The standard InChI is InChI=1S/C8H11N3O2/c1-3-13-8-10-4-6(5-11-8)7(12)9-2/h4-5H,3H2,1-2H3,(H,9,12). The number of nitrogens with one attached hydrogen (secondary N) is 1. The molecule has 0 bridgehead atoms. The molecule has 1 aromatic heterocycles. The van der Waals surface area contributed by atoms with Crippen LogP contribution in [0, 0.1) is 0 Å². The Labute approximate surface area is 76.2 Å². The second-order valence-corrected chi connectivity index (χ2v) is 2.27. The number of carbonyl (C=O) groups excluding carboxylic acids is 1. The van der Waals surface area contributed by atoms with Crippen molar-refractivity contribution in [2.45, 2.75) is 6.92 Å². The van der Waals surface area contributed by atoms with Crippen molar-refractivity contribution >= 4 is 5.91 Å². The fourth-order valence-corrected chi connectivity index (χ4v) is 0.781. The van der Waals surface area contributed by atoms with Crippen molar-refractivity contribution in [3.63, 3.8) is 0 Å². The molecular weight excluding hydrogens is 170 g/mol. The van der Waals surface area contributed by atoms with E-state index in [1.165, 1.54) is 12.4 Å². The summed E-state index contributed by atoms with van der Waals surface area (Å²) >= 11 is 0. The Morgan fingerprint density at radius 3 is 2.62 bits per heavy atom. The van der Waals surface area contributed by atoms with E-state index in [1.54, 1.807) is 7.05 Å². The van der Waals surface area contributed by atoms with Crippen molar-refractivity contribution < 1.29 is 9.53 Å². The lowest BCUT2D eigenvalue weighted by atomic mass is 10.3. The van der Waals surface area contributed by atoms with Gasteiger partial charge in [-0.15, -0.1) is 0 Å². The highest BCUT2D eigenvalue weighted by molar-refractivity contribution is 5.93. The van der Waals surface area contributed by atoms with Gasteiger partial charge in [0.1, 0.15) is 0 Å². The van der Waals surface area contributed by atoms with E-state index in [0.29, 0.717) is 12.2 Å². The predicted octanol–water partition coefficient (Wildman–Crippen LogP) is 0.235. The fraction of sp³-hybridized carbons (Fsp3) is 0.375. The van der Waals surface area contributed by atoms with Crippen molar-refractivity contribution in [1.29, 1.82) is 0 Å². The van der Waals surface area contributed by atoms with Gasteiger partial charge in [0.2, 0.25) is 0 Å². The maximum absolute atomic E-state index is 11.1. The molecule has 0 atom stereocenters. The number of ether oxygens (including phenoxy) is 1. The van der Waals surface area contributed by atoms with Crippen LogP contribution in [0.25, 0.3) is 0 Å². The van der Waals surface area contributed by atoms with E-state index >= 15 is 0 Å². The highest BCUT2D eigenvalue weighted by Crippen LogP contribution is 2.01. The van der Waals surface area contributed by atoms with Gasteiger partial charge in [-0.2, -0.15) is 0 Å². The van der Waals surface area contributed by atoms with Crippen molar-refractivity contribution in [3.8, 4) is 6.01 Å². The van der Waals surface area contributed by atoms with Gasteiger partial charge in [0.05, 0.1) is 12.2 Å². The van der Waals surface area contributed by atoms with Crippen LogP contribution in [0.5, 0.6) is 6.01 Å². The first kappa shape index (κ1) is 9.44. The van der Waals surface area contributed by atoms with Gasteiger partial charge in [0.25, 0.3) is 5.91 Å². The van der Waals surface area contributed by atoms with E-state index in [9.17, 15) is 4.79 Å². The first-order valence-electron chi connectivity index (χ1n) is 3.94. The molecule has 0 unspecified atom stereocenters. The highest BCUT2D eigenvalue weighted by Gasteiger charge is 2.04. The number of nitrogens with zero attached hydrogens (tertiary/aromatic N) is 2. The summed E-state index contributed by atoms with van der Waals surface area (Å²) in [7, 11) is 1.55. The Kier molecular flexibility index (Phi) is 3.19. The van der Waals surface area contributed by atoms with E-state index < -0.39 is 0 Å². The monoisotopic (exact) mass is 181 g/mol. The molecule has 5 nitrogen and oxygen atoms in total. The van der Waals surface area contributed by atoms with E-state index in [1.807, 2.05) is 6.92 Å². The Bertz CT molecular complexity index is 284. The fourth-order valence-electron chi connectivity index (χ4n) is 0.781. The smallest absolute Gasteiger partial charge is 0.316 e. The van der Waals surface area contributed by atoms with Crippen LogP contribution in [-0.4, -0.2) is 29.5 Å². The van der Waals surface area contributed by atoms with Gasteiger partial charge >= 0.3 is 6.01 Å². The molecular formula is C8H11N3O2. The second kappa shape index (κ2) is 4.39. The molecule has 0 saturated carbocycles. The number of hydrogen-bond acceptors (Lipinski definition) is 4. The average molecular weight is 181 g/mol. The minimum absolute atomic E-state index is 0.206. The summed E-state index contributed by atoms with van der Waals surface area (Å²) in [5.41, 5.74) is 0.422. The molecule has 0 saturated heterocycles. The highest BCUT2D eigenvalue weighted by atomic mass is 16.5. The van der Waals surface area contributed by atoms with E-state index in [4.69, 9.17) is 4.74 Å². The maximum atomic E-state index is 11.1. The van der Waals surface area contributed by atoms with Gasteiger partial charge in [-0.05, 0) is 6.92 Å². The van der Waals surface area contributed by atoms with Crippen LogP contribution < -0.4 is 10.1 Å². The minimum Gasteiger partial charge on any atom is -0.464 e. The van der Waals surface area contributed by atoms with E-state index in [2.05, 4.69) is 15.3 Å². The minimum atomic E-state index is -0.206. The summed E-state index contributed by atoms with van der Waals surface area (Å²) in [6.45, 7) is 2.36. The lowest BCUT2D eigenvalue weighted by Gasteiger charge is -2.01. The van der Waals surface area contributed by atoms with Crippen LogP contribution in [0.4, 0.5) is 0 Å². The summed E-state index contributed by atoms with van der Waals surface area (Å²) in [4.78, 5) is 18.7. The third-order valence-electron chi connectivity index (χ3n) is 1.39. The molecule has 1 aromatic rings. The Morgan fingerprint density at radius 2 is 2.15 bits per heavy atom. The first-order valence-corrected chi connectivity index (χ1v) is 3.94. The molecule has 70 valence electrons. The summed E-state index contributed by atoms with van der Waals surface area (Å²) in [6.07, 6.45) is 2.85. The zero-order chi connectivity index (χ0) is 9.68. The quantitative estimate of drug-likeness (QED) is 0.725. The predicted molar refractivity (Wildman–Crippen MR) is 46.6 cm³/mol. The first-order chi connectivity index (χ1) is 6.27. The second-order valence-electron chi connectivity index (χ2n) is 2.27. The lowest BCUT2D eigenvalue weighted by molar-refractivity contribution is 0.0962. The van der Waals surface area contributed by atoms with Gasteiger partial charge in [-0.25, -0.2) is 9.97 Å². The largest absolute Gasteiger partial charge is 0.464 e. The van der Waals surface area contributed by atoms with Crippen molar-refractivity contribution in [2.24, 2.45) is 0 Å². The third-order valence-corrected chi connectivity index (χ3v) is 1.39. The third kappa shape index (κ3) is 2.40. The molecule has 0 aliphatic heterocycles. The number of aromatic nitrogens is 2. The summed E-state index contributed by atoms with van der Waals surface area (Å²) in [5, 5.41) is 2.47. The number of carbonyl (C=O) groups is 1. The molecule has 1 amide bonds. The molecule has 0 aliphatic rings. The Morgan fingerprint density at radius 1 is 1.54 bits per heavy atom. The Hall–Kier alpha value is -1.65. The molecule has 0 aromatic carbocycles. The molecule has 1 N–H and O–H groups in total. The topological polar surface area (TPSA) is 64.1 Å². The van der Waals surface area contributed by atoms with Gasteiger partial charge in [-0.3, -0.25) is 4.79 Å². The zero-order valence-corrected chi connectivity index (χ0v) is 7.57. The molecule has 0 radical (unpaired) electrons. The van der Waals surface area contributed by atoms with Crippen molar-refractivity contribution in [1.82, 2.24) is 15.3 Å². The number of hydrogen-bond donors (Lipinski definition) is 1. The lowest BCUT2D eigenvalue weighted by Crippen LogP contribution is -2.18. The molecule has 1 rings (SSSR count). The summed E-state index contributed by atoms with van der Waals surface area (Å²) < 4.78 is 5.02. The SMILES string of the molecule is CCOc1ncc(C(=O)NC)cn1. The Balaban J connectivity index is 2.75. The molecule has 1 heterocycles. The number of rotatable bonds is 3. The molecule has 13 heavy (non-hydrogen) atoms. The van der Waals surface area contributed by atoms with Crippen LogP contribution in [0.1, 0.15) is 17.3 Å². The van der Waals surface area contributed by atoms with E-state index in [-0.39, 0.29) is 11.9 Å². The molecule has 5 heteroatoms. The van der Waals surface area contributed by atoms with Crippen LogP contribution in [-0.2, 0) is 0 Å². The zero-order valence-electron chi connectivity index (χ0n) is 7.57.